The first kappa shape index (κ1) is 22.0. The number of phenolic OH excluding ortho intramolecular Hbond substituents is 1. The molecule has 1 aliphatic heterocycles. The van der Waals surface area contributed by atoms with Crippen molar-refractivity contribution < 1.29 is 9.90 Å². The van der Waals surface area contributed by atoms with Crippen molar-refractivity contribution >= 4 is 23.7 Å². The van der Waals surface area contributed by atoms with Gasteiger partial charge < -0.3 is 5.11 Å². The third kappa shape index (κ3) is 6.42. The summed E-state index contributed by atoms with van der Waals surface area (Å²) in [5, 5.41) is 15.0. The first-order valence-corrected chi connectivity index (χ1v) is 10.4. The quantitative estimate of drug-likeness (QED) is 0.387. The second-order valence-electron chi connectivity index (χ2n) is 7.32. The fraction of sp³-hybridized carbons (Fsp3) is 0.304. The SMILES string of the molecule is C=CCc1cccc(/C=N/NC(=O)CN2CCN(Cc3ccc(Cl)cc3)CC2)c1O. The lowest BCUT2D eigenvalue weighted by atomic mass is 10.1. The molecular formula is C23H27ClN4O2. The molecule has 2 aromatic carbocycles. The number of carbonyl (C=O) groups is 1. The Labute approximate surface area is 182 Å². The summed E-state index contributed by atoms with van der Waals surface area (Å²) in [6, 6.07) is 13.3. The smallest absolute Gasteiger partial charge is 0.254 e. The second-order valence-corrected chi connectivity index (χ2v) is 7.76. The summed E-state index contributed by atoms with van der Waals surface area (Å²) in [6.07, 6.45) is 3.76. The zero-order valence-electron chi connectivity index (χ0n) is 16.9. The van der Waals surface area contributed by atoms with E-state index in [0.717, 1.165) is 43.3 Å². The molecule has 0 aliphatic carbocycles. The molecule has 1 heterocycles. The number of hydrogen-bond acceptors (Lipinski definition) is 5. The maximum atomic E-state index is 12.2. The van der Waals surface area contributed by atoms with Crippen LogP contribution in [0.15, 0.2) is 60.2 Å². The zero-order valence-corrected chi connectivity index (χ0v) is 17.7. The predicted molar refractivity (Wildman–Crippen MR) is 121 cm³/mol. The minimum Gasteiger partial charge on any atom is -0.507 e. The lowest BCUT2D eigenvalue weighted by Gasteiger charge is -2.34. The second kappa shape index (κ2) is 10.9. The Bertz CT molecular complexity index is 891. The lowest BCUT2D eigenvalue weighted by molar-refractivity contribution is -0.122. The van der Waals surface area contributed by atoms with Gasteiger partial charge >= 0.3 is 0 Å². The summed E-state index contributed by atoms with van der Waals surface area (Å²) in [7, 11) is 0. The van der Waals surface area contributed by atoms with E-state index < -0.39 is 0 Å². The zero-order chi connectivity index (χ0) is 21.3. The van der Waals surface area contributed by atoms with Gasteiger partial charge in [-0.1, -0.05) is 41.9 Å². The Balaban J connectivity index is 1.42. The molecule has 2 N–H and O–H groups in total. The Morgan fingerprint density at radius 3 is 2.53 bits per heavy atom. The average Bonchev–Trinajstić information content (AvgIpc) is 2.74. The van der Waals surface area contributed by atoms with Gasteiger partial charge in [0.05, 0.1) is 12.8 Å². The van der Waals surface area contributed by atoms with Crippen molar-refractivity contribution in [2.24, 2.45) is 5.10 Å². The van der Waals surface area contributed by atoms with Crippen LogP contribution in [0, 0.1) is 0 Å². The Morgan fingerprint density at radius 2 is 1.83 bits per heavy atom. The number of rotatable bonds is 8. The van der Waals surface area contributed by atoms with Crippen LogP contribution in [0.25, 0.3) is 0 Å². The molecule has 1 saturated heterocycles. The Hall–Kier alpha value is -2.67. The number of allylic oxidation sites excluding steroid dienone is 1. The van der Waals surface area contributed by atoms with E-state index in [1.807, 2.05) is 36.4 Å². The molecule has 0 bridgehead atoms. The molecular weight excluding hydrogens is 400 g/mol. The molecule has 0 aromatic heterocycles. The highest BCUT2D eigenvalue weighted by atomic mass is 35.5. The van der Waals surface area contributed by atoms with Crippen molar-refractivity contribution in [3.63, 3.8) is 0 Å². The van der Waals surface area contributed by atoms with Crippen LogP contribution < -0.4 is 5.43 Å². The number of amides is 1. The van der Waals surface area contributed by atoms with E-state index in [4.69, 9.17) is 11.6 Å². The first-order chi connectivity index (χ1) is 14.5. The van der Waals surface area contributed by atoms with Crippen molar-refractivity contribution in [1.29, 1.82) is 0 Å². The summed E-state index contributed by atoms with van der Waals surface area (Å²) in [4.78, 5) is 16.7. The number of phenols is 1. The van der Waals surface area contributed by atoms with Gasteiger partial charge in [0.2, 0.25) is 0 Å². The molecule has 1 aliphatic rings. The number of aromatic hydroxyl groups is 1. The fourth-order valence-electron chi connectivity index (χ4n) is 3.40. The van der Waals surface area contributed by atoms with Crippen molar-refractivity contribution in [3.8, 4) is 5.75 Å². The van der Waals surface area contributed by atoms with Gasteiger partial charge in [0.25, 0.3) is 5.91 Å². The van der Waals surface area contributed by atoms with Crippen LogP contribution in [0.1, 0.15) is 16.7 Å². The minimum atomic E-state index is -0.167. The average molecular weight is 427 g/mol. The normalized spacial score (nSPS) is 15.4. The molecule has 30 heavy (non-hydrogen) atoms. The van der Waals surface area contributed by atoms with E-state index in [1.165, 1.54) is 11.8 Å². The molecule has 0 radical (unpaired) electrons. The molecule has 0 unspecified atom stereocenters. The predicted octanol–water partition coefficient (Wildman–Crippen LogP) is 3.04. The van der Waals surface area contributed by atoms with E-state index >= 15 is 0 Å². The molecule has 0 spiro atoms. The first-order valence-electron chi connectivity index (χ1n) is 9.98. The number of carbonyl (C=O) groups excluding carboxylic acids is 1. The number of hydrogen-bond donors (Lipinski definition) is 2. The van der Waals surface area contributed by atoms with Crippen LogP contribution >= 0.6 is 11.6 Å². The molecule has 0 atom stereocenters. The molecule has 0 saturated carbocycles. The largest absolute Gasteiger partial charge is 0.507 e. The molecule has 1 fully saturated rings. The van der Waals surface area contributed by atoms with Gasteiger partial charge in [0.1, 0.15) is 5.75 Å². The molecule has 6 nitrogen and oxygen atoms in total. The van der Waals surface area contributed by atoms with Crippen LogP contribution in [0.3, 0.4) is 0 Å². The molecule has 158 valence electrons. The third-order valence-electron chi connectivity index (χ3n) is 5.06. The van der Waals surface area contributed by atoms with Gasteiger partial charge in [-0.25, -0.2) is 5.43 Å². The summed E-state index contributed by atoms with van der Waals surface area (Å²) in [5.74, 6) is -0.00801. The van der Waals surface area contributed by atoms with Gasteiger partial charge in [0.15, 0.2) is 0 Å². The number of halogens is 1. The lowest BCUT2D eigenvalue weighted by Crippen LogP contribution is -2.48. The van der Waals surface area contributed by atoms with E-state index in [9.17, 15) is 9.90 Å². The molecule has 2 aromatic rings. The number of nitrogens with one attached hydrogen (secondary N) is 1. The third-order valence-corrected chi connectivity index (χ3v) is 5.31. The van der Waals surface area contributed by atoms with Gasteiger partial charge in [-0.05, 0) is 35.7 Å². The summed E-state index contributed by atoms with van der Waals surface area (Å²) in [6.45, 7) is 8.34. The van der Waals surface area contributed by atoms with E-state index in [0.29, 0.717) is 18.5 Å². The minimum absolute atomic E-state index is 0.159. The Kier molecular flexibility index (Phi) is 8.02. The maximum Gasteiger partial charge on any atom is 0.254 e. The van der Waals surface area contributed by atoms with E-state index in [2.05, 4.69) is 26.9 Å². The topological polar surface area (TPSA) is 68.2 Å². The van der Waals surface area contributed by atoms with Gasteiger partial charge in [-0.2, -0.15) is 5.10 Å². The van der Waals surface area contributed by atoms with Crippen molar-refractivity contribution in [3.05, 3.63) is 76.8 Å². The van der Waals surface area contributed by atoms with Crippen LogP contribution in [0.5, 0.6) is 5.75 Å². The van der Waals surface area contributed by atoms with Crippen molar-refractivity contribution in [2.45, 2.75) is 13.0 Å². The fourth-order valence-corrected chi connectivity index (χ4v) is 3.53. The van der Waals surface area contributed by atoms with Crippen molar-refractivity contribution in [1.82, 2.24) is 15.2 Å². The summed E-state index contributed by atoms with van der Waals surface area (Å²) < 4.78 is 0. The standard InChI is InChI=1S/C23H27ClN4O2/c1-2-4-19-5-3-6-20(23(19)30)15-25-26-22(29)17-28-13-11-27(12-14-28)16-18-7-9-21(24)10-8-18/h2-3,5-10,15,30H,1,4,11-14,16-17H2,(H,26,29)/b25-15+. The van der Waals surface area contributed by atoms with Gasteiger partial charge in [0, 0.05) is 43.3 Å². The number of piperazine rings is 1. The number of benzene rings is 2. The summed E-state index contributed by atoms with van der Waals surface area (Å²) >= 11 is 5.94. The number of para-hydroxylation sites is 1. The number of nitrogens with zero attached hydrogens (tertiary/aromatic N) is 3. The van der Waals surface area contributed by atoms with Crippen LogP contribution in [-0.4, -0.2) is 59.8 Å². The van der Waals surface area contributed by atoms with E-state index in [-0.39, 0.29) is 11.7 Å². The maximum absolute atomic E-state index is 12.2. The van der Waals surface area contributed by atoms with Crippen molar-refractivity contribution in [2.75, 3.05) is 32.7 Å². The highest BCUT2D eigenvalue weighted by molar-refractivity contribution is 6.30. The van der Waals surface area contributed by atoms with E-state index in [1.54, 1.807) is 12.1 Å². The van der Waals surface area contributed by atoms with Gasteiger partial charge in [-0.3, -0.25) is 14.6 Å². The summed E-state index contributed by atoms with van der Waals surface area (Å²) in [5.41, 5.74) is 5.12. The van der Waals surface area contributed by atoms with Crippen LogP contribution in [-0.2, 0) is 17.8 Å². The molecule has 7 heteroatoms. The van der Waals surface area contributed by atoms with Gasteiger partial charge in [-0.15, -0.1) is 6.58 Å². The Morgan fingerprint density at radius 1 is 1.13 bits per heavy atom. The number of hydrazone groups is 1. The highest BCUT2D eigenvalue weighted by Crippen LogP contribution is 2.21. The molecule has 3 rings (SSSR count). The van der Waals surface area contributed by atoms with Crippen LogP contribution in [0.2, 0.25) is 5.02 Å². The highest BCUT2D eigenvalue weighted by Gasteiger charge is 2.18. The monoisotopic (exact) mass is 426 g/mol. The van der Waals surface area contributed by atoms with Crippen LogP contribution in [0.4, 0.5) is 0 Å². The molecule has 1 amide bonds.